The monoisotopic (exact) mass is 336 g/mol. The van der Waals surface area contributed by atoms with E-state index in [0.717, 1.165) is 0 Å². The molecule has 0 saturated heterocycles. The van der Waals surface area contributed by atoms with Crippen molar-refractivity contribution in [3.05, 3.63) is 52.0 Å². The van der Waals surface area contributed by atoms with Crippen LogP contribution in [0.3, 0.4) is 0 Å². The minimum atomic E-state index is -0.0679. The molecule has 4 nitrogen and oxygen atoms in total. The van der Waals surface area contributed by atoms with Crippen LogP contribution < -0.4 is 5.32 Å². The third kappa shape index (κ3) is 4.23. The van der Waals surface area contributed by atoms with Crippen molar-refractivity contribution in [1.82, 2.24) is 0 Å². The van der Waals surface area contributed by atoms with Crippen LogP contribution >= 0.6 is 23.2 Å². The van der Waals surface area contributed by atoms with Crippen LogP contribution in [-0.4, -0.2) is 17.2 Å². The molecule has 0 unspecified atom stereocenters. The summed E-state index contributed by atoms with van der Waals surface area (Å²) < 4.78 is 0. The van der Waals surface area contributed by atoms with E-state index in [1.807, 2.05) is 0 Å². The van der Waals surface area contributed by atoms with Crippen LogP contribution in [-0.2, 0) is 4.79 Å². The molecule has 0 aliphatic carbocycles. The topological polar surface area (TPSA) is 61.7 Å². The van der Waals surface area contributed by atoms with E-state index in [-0.39, 0.29) is 16.7 Å². The number of carbonyl (C=O) groups excluding carboxylic acids is 1. The van der Waals surface area contributed by atoms with Gasteiger partial charge in [-0.05, 0) is 36.4 Å². The summed E-state index contributed by atoms with van der Waals surface area (Å²) >= 11 is 11.7. The van der Waals surface area contributed by atoms with E-state index >= 15 is 0 Å². The molecular weight excluding hydrogens is 323 g/mol. The number of benzene rings is 2. The molecule has 0 saturated carbocycles. The molecule has 0 aromatic heterocycles. The molecule has 22 heavy (non-hydrogen) atoms. The van der Waals surface area contributed by atoms with Crippen molar-refractivity contribution in [2.45, 2.75) is 13.3 Å². The Bertz CT molecular complexity index is 713. The number of rotatable bonds is 4. The number of nitrogens with zero attached hydrogens (tertiary/aromatic N) is 1. The Morgan fingerprint density at radius 1 is 1.27 bits per heavy atom. The Hall–Kier alpha value is -2.04. The number of anilines is 1. The minimum absolute atomic E-state index is 0.0465. The second-order valence-electron chi connectivity index (χ2n) is 4.53. The Kier molecular flexibility index (Phi) is 5.41. The Morgan fingerprint density at radius 3 is 2.59 bits per heavy atom. The summed E-state index contributed by atoms with van der Waals surface area (Å²) in [7, 11) is 0. The van der Waals surface area contributed by atoms with E-state index in [4.69, 9.17) is 23.2 Å². The summed E-state index contributed by atoms with van der Waals surface area (Å²) in [6, 6.07) is 10.1. The number of carbonyl (C=O) groups is 1. The van der Waals surface area contributed by atoms with Crippen LogP contribution in [0.4, 0.5) is 11.4 Å². The minimum Gasteiger partial charge on any atom is -0.506 e. The van der Waals surface area contributed by atoms with Crippen LogP contribution in [0.1, 0.15) is 18.9 Å². The van der Waals surface area contributed by atoms with Gasteiger partial charge in [-0.3, -0.25) is 9.79 Å². The van der Waals surface area contributed by atoms with Gasteiger partial charge < -0.3 is 10.4 Å². The number of phenols is 1. The van der Waals surface area contributed by atoms with Gasteiger partial charge in [-0.15, -0.1) is 0 Å². The maximum Gasteiger partial charge on any atom is 0.224 e. The Morgan fingerprint density at radius 2 is 1.95 bits per heavy atom. The highest BCUT2D eigenvalue weighted by Gasteiger charge is 2.06. The summed E-state index contributed by atoms with van der Waals surface area (Å²) in [5, 5.41) is 13.2. The van der Waals surface area contributed by atoms with E-state index in [9.17, 15) is 9.90 Å². The van der Waals surface area contributed by atoms with Crippen molar-refractivity contribution in [3.8, 4) is 5.75 Å². The smallest absolute Gasteiger partial charge is 0.224 e. The van der Waals surface area contributed by atoms with Crippen molar-refractivity contribution < 1.29 is 9.90 Å². The first-order valence-corrected chi connectivity index (χ1v) is 7.37. The normalized spacial score (nSPS) is 10.9. The van der Waals surface area contributed by atoms with Crippen LogP contribution in [0.15, 0.2) is 41.4 Å². The predicted octanol–water partition coefficient (Wildman–Crippen LogP) is 4.80. The first-order chi connectivity index (χ1) is 10.5. The fourth-order valence-corrected chi connectivity index (χ4v) is 2.22. The molecule has 0 heterocycles. The van der Waals surface area contributed by atoms with Gasteiger partial charge in [-0.1, -0.05) is 30.1 Å². The highest BCUT2D eigenvalue weighted by atomic mass is 35.5. The van der Waals surface area contributed by atoms with Gasteiger partial charge in [0.15, 0.2) is 0 Å². The first kappa shape index (κ1) is 16.3. The largest absolute Gasteiger partial charge is 0.506 e. The standard InChI is InChI=1S/C16H14Cl2N2O2/c1-2-15(21)20-13-5-3-12(4-6-13)19-9-10-7-11(17)8-14(18)16(10)22/h3-9,22H,2H2,1H3,(H,20,21). The molecule has 0 fully saturated rings. The van der Waals surface area contributed by atoms with Crippen molar-refractivity contribution in [1.29, 1.82) is 0 Å². The highest BCUT2D eigenvalue weighted by molar-refractivity contribution is 6.36. The van der Waals surface area contributed by atoms with Gasteiger partial charge in [-0.25, -0.2) is 0 Å². The number of aromatic hydroxyl groups is 1. The van der Waals surface area contributed by atoms with Crippen LogP contribution in [0, 0.1) is 0 Å². The molecule has 0 aliphatic rings. The lowest BCUT2D eigenvalue weighted by Crippen LogP contribution is -2.08. The van der Waals surface area contributed by atoms with Crippen molar-refractivity contribution in [2.75, 3.05) is 5.32 Å². The zero-order valence-corrected chi connectivity index (χ0v) is 13.3. The van der Waals surface area contributed by atoms with Crippen LogP contribution in [0.5, 0.6) is 5.75 Å². The number of phenolic OH excluding ortho intramolecular Hbond substituents is 1. The summed E-state index contributed by atoms with van der Waals surface area (Å²) in [4.78, 5) is 15.5. The maximum atomic E-state index is 11.3. The molecule has 2 aromatic rings. The second kappa shape index (κ2) is 7.29. The molecule has 0 aliphatic heterocycles. The number of hydrogen-bond donors (Lipinski definition) is 2. The molecular formula is C16H14Cl2N2O2. The third-order valence-corrected chi connectivity index (χ3v) is 3.39. The van der Waals surface area contributed by atoms with E-state index < -0.39 is 0 Å². The number of hydrogen-bond acceptors (Lipinski definition) is 3. The lowest BCUT2D eigenvalue weighted by atomic mass is 10.2. The summed E-state index contributed by atoms with van der Waals surface area (Å²) in [6.45, 7) is 1.79. The van der Waals surface area contributed by atoms with Gasteiger partial charge in [0.05, 0.1) is 10.7 Å². The van der Waals surface area contributed by atoms with E-state index in [0.29, 0.717) is 28.4 Å². The van der Waals surface area contributed by atoms with Gasteiger partial charge in [0.25, 0.3) is 0 Å². The number of amides is 1. The van der Waals surface area contributed by atoms with E-state index in [1.165, 1.54) is 12.3 Å². The van der Waals surface area contributed by atoms with Crippen molar-refractivity contribution in [3.63, 3.8) is 0 Å². The molecule has 0 radical (unpaired) electrons. The predicted molar refractivity (Wildman–Crippen MR) is 90.7 cm³/mol. The molecule has 0 bridgehead atoms. The quantitative estimate of drug-likeness (QED) is 0.788. The summed E-state index contributed by atoms with van der Waals surface area (Å²) in [5.41, 5.74) is 1.81. The maximum absolute atomic E-state index is 11.3. The van der Waals surface area contributed by atoms with Crippen molar-refractivity contribution >= 4 is 46.7 Å². The van der Waals surface area contributed by atoms with Gasteiger partial charge in [-0.2, -0.15) is 0 Å². The molecule has 6 heteroatoms. The number of nitrogens with one attached hydrogen (secondary N) is 1. The van der Waals surface area contributed by atoms with E-state index in [1.54, 1.807) is 37.3 Å². The zero-order valence-electron chi connectivity index (χ0n) is 11.8. The lowest BCUT2D eigenvalue weighted by molar-refractivity contribution is -0.115. The average molecular weight is 337 g/mol. The lowest BCUT2D eigenvalue weighted by Gasteiger charge is -2.04. The Balaban J connectivity index is 2.15. The Labute approximate surface area is 138 Å². The molecule has 2 N–H and O–H groups in total. The van der Waals surface area contributed by atoms with Gasteiger partial charge in [0.2, 0.25) is 5.91 Å². The summed E-state index contributed by atoms with van der Waals surface area (Å²) in [5.74, 6) is -0.114. The molecule has 1 amide bonds. The van der Waals surface area contributed by atoms with Crippen LogP contribution in [0.25, 0.3) is 0 Å². The fraction of sp³-hybridized carbons (Fsp3) is 0.125. The van der Waals surface area contributed by atoms with Crippen molar-refractivity contribution in [2.24, 2.45) is 4.99 Å². The molecule has 2 rings (SSSR count). The summed E-state index contributed by atoms with van der Waals surface area (Å²) in [6.07, 6.45) is 1.90. The van der Waals surface area contributed by atoms with Gasteiger partial charge >= 0.3 is 0 Å². The molecule has 0 atom stereocenters. The molecule has 114 valence electrons. The fourth-order valence-electron chi connectivity index (χ4n) is 1.71. The second-order valence-corrected chi connectivity index (χ2v) is 5.38. The van der Waals surface area contributed by atoms with Gasteiger partial charge in [0.1, 0.15) is 5.75 Å². The average Bonchev–Trinajstić information content (AvgIpc) is 2.50. The SMILES string of the molecule is CCC(=O)Nc1ccc(N=Cc2cc(Cl)cc(Cl)c2O)cc1. The third-order valence-electron chi connectivity index (χ3n) is 2.88. The first-order valence-electron chi connectivity index (χ1n) is 6.61. The highest BCUT2D eigenvalue weighted by Crippen LogP contribution is 2.30. The number of halogens is 2. The van der Waals surface area contributed by atoms with E-state index in [2.05, 4.69) is 10.3 Å². The molecule has 0 spiro atoms. The molecule has 2 aromatic carbocycles. The zero-order chi connectivity index (χ0) is 16.1. The van der Waals surface area contributed by atoms with Crippen LogP contribution in [0.2, 0.25) is 10.0 Å². The van der Waals surface area contributed by atoms with Gasteiger partial charge in [0, 0.05) is 28.9 Å². The number of aliphatic imine (C=N–C) groups is 1.